The molecule has 0 aliphatic heterocycles. The normalized spacial score (nSPS) is 12.1. The lowest BCUT2D eigenvalue weighted by Gasteiger charge is -2.12. The fourth-order valence-corrected chi connectivity index (χ4v) is 3.07. The van der Waals surface area contributed by atoms with E-state index in [-0.39, 0.29) is 11.9 Å². The smallest absolute Gasteiger partial charge is 0.251 e. The molecule has 0 aliphatic rings. The van der Waals surface area contributed by atoms with Gasteiger partial charge in [0.25, 0.3) is 5.91 Å². The molecule has 2 N–H and O–H groups in total. The molecule has 134 valence electrons. The summed E-state index contributed by atoms with van der Waals surface area (Å²) in [5.41, 5.74) is 3.29. The lowest BCUT2D eigenvalue weighted by atomic mass is 10.1. The van der Waals surface area contributed by atoms with Crippen molar-refractivity contribution in [3.05, 3.63) is 83.4 Å². The van der Waals surface area contributed by atoms with Crippen molar-refractivity contribution >= 4 is 28.4 Å². The predicted molar refractivity (Wildman–Crippen MR) is 107 cm³/mol. The first-order valence-corrected chi connectivity index (χ1v) is 8.95. The molecule has 0 aliphatic carbocycles. The van der Waals surface area contributed by atoms with Gasteiger partial charge in [0.2, 0.25) is 0 Å². The Labute approximate surface area is 161 Å². The van der Waals surface area contributed by atoms with Gasteiger partial charge in [0.1, 0.15) is 11.0 Å². The molecule has 6 heteroatoms. The third-order valence-corrected chi connectivity index (χ3v) is 4.57. The lowest BCUT2D eigenvalue weighted by molar-refractivity contribution is 0.0938. The molecule has 5 nitrogen and oxygen atoms in total. The van der Waals surface area contributed by atoms with Crippen molar-refractivity contribution in [1.82, 2.24) is 20.3 Å². The molecule has 0 spiro atoms. The van der Waals surface area contributed by atoms with E-state index >= 15 is 0 Å². The number of aromatic nitrogens is 3. The number of imidazole rings is 1. The Hall–Kier alpha value is -3.18. The fraction of sp³-hybridized carbons (Fsp3) is 0.0952. The Morgan fingerprint density at radius 1 is 1.11 bits per heavy atom. The minimum Gasteiger partial charge on any atom is -0.342 e. The lowest BCUT2D eigenvalue weighted by Crippen LogP contribution is -2.27. The number of carbonyl (C=O) groups is 1. The van der Waals surface area contributed by atoms with Crippen LogP contribution < -0.4 is 5.32 Å². The van der Waals surface area contributed by atoms with Gasteiger partial charge in [-0.3, -0.25) is 4.79 Å². The van der Waals surface area contributed by atoms with Crippen LogP contribution in [0.25, 0.3) is 22.2 Å². The summed E-state index contributed by atoms with van der Waals surface area (Å²) in [6, 6.07) is 18.6. The number of nitrogens with one attached hydrogen (secondary N) is 2. The van der Waals surface area contributed by atoms with Crippen LogP contribution in [0, 0.1) is 0 Å². The SMILES string of the molecule is CC(NC(=O)c1ccc2nc(Cl)ccc2c1)c1ncc(-c2ccccc2)[nH]1. The molecule has 0 bridgehead atoms. The standard InChI is InChI=1S/C21H17ClN4O/c1-13(20-23-12-18(26-20)14-5-3-2-4-6-14)24-21(27)16-7-9-17-15(11-16)8-10-19(22)25-17/h2-13H,1H3,(H,23,26)(H,24,27). The summed E-state index contributed by atoms with van der Waals surface area (Å²) < 4.78 is 0. The summed E-state index contributed by atoms with van der Waals surface area (Å²) in [5, 5.41) is 4.27. The second-order valence-electron chi connectivity index (χ2n) is 6.28. The van der Waals surface area contributed by atoms with Crippen LogP contribution in [0.1, 0.15) is 29.1 Å². The number of amides is 1. The molecule has 0 radical (unpaired) electrons. The monoisotopic (exact) mass is 376 g/mol. The Balaban J connectivity index is 1.51. The number of benzene rings is 2. The van der Waals surface area contributed by atoms with Gasteiger partial charge in [-0.15, -0.1) is 0 Å². The molecule has 4 rings (SSSR count). The van der Waals surface area contributed by atoms with Crippen molar-refractivity contribution in [2.45, 2.75) is 13.0 Å². The molecule has 0 saturated heterocycles. The molecule has 27 heavy (non-hydrogen) atoms. The molecule has 2 aromatic heterocycles. The third kappa shape index (κ3) is 3.68. The van der Waals surface area contributed by atoms with E-state index in [0.29, 0.717) is 16.5 Å². The number of carbonyl (C=O) groups excluding carboxylic acids is 1. The first-order chi connectivity index (χ1) is 13.1. The molecule has 0 saturated carbocycles. The summed E-state index contributed by atoms with van der Waals surface area (Å²) in [7, 11) is 0. The maximum absolute atomic E-state index is 12.6. The van der Waals surface area contributed by atoms with Crippen LogP contribution >= 0.6 is 11.6 Å². The Bertz CT molecular complexity index is 1110. The molecule has 1 atom stereocenters. The molecular formula is C21H17ClN4O. The number of aromatic amines is 1. The van der Waals surface area contributed by atoms with Crippen LogP contribution in [0.2, 0.25) is 5.15 Å². The van der Waals surface area contributed by atoms with Crippen LogP contribution in [0.3, 0.4) is 0 Å². The number of nitrogens with zero attached hydrogens (tertiary/aromatic N) is 2. The van der Waals surface area contributed by atoms with Gasteiger partial charge >= 0.3 is 0 Å². The van der Waals surface area contributed by atoms with E-state index in [0.717, 1.165) is 22.2 Å². The summed E-state index contributed by atoms with van der Waals surface area (Å²) in [5.74, 6) is 0.536. The van der Waals surface area contributed by atoms with E-state index in [1.165, 1.54) is 0 Å². The number of H-pyrrole nitrogens is 1. The van der Waals surface area contributed by atoms with Crippen molar-refractivity contribution in [1.29, 1.82) is 0 Å². The predicted octanol–water partition coefficient (Wildman–Crippen LogP) is 4.77. The fourth-order valence-electron chi connectivity index (χ4n) is 2.91. The van der Waals surface area contributed by atoms with E-state index in [4.69, 9.17) is 11.6 Å². The molecular weight excluding hydrogens is 360 g/mol. The highest BCUT2D eigenvalue weighted by Crippen LogP contribution is 2.20. The highest BCUT2D eigenvalue weighted by atomic mass is 35.5. The Kier molecular flexibility index (Phi) is 4.60. The highest BCUT2D eigenvalue weighted by molar-refractivity contribution is 6.29. The molecule has 1 amide bonds. The number of fused-ring (bicyclic) bond motifs is 1. The summed E-state index contributed by atoms with van der Waals surface area (Å²) >= 11 is 5.90. The second-order valence-corrected chi connectivity index (χ2v) is 6.67. The number of hydrogen-bond donors (Lipinski definition) is 2. The third-order valence-electron chi connectivity index (χ3n) is 4.36. The van der Waals surface area contributed by atoms with E-state index in [9.17, 15) is 4.79 Å². The maximum atomic E-state index is 12.6. The number of rotatable bonds is 4. The Morgan fingerprint density at radius 3 is 2.74 bits per heavy atom. The van der Waals surface area contributed by atoms with Crippen LogP contribution in [0.5, 0.6) is 0 Å². The quantitative estimate of drug-likeness (QED) is 0.504. The zero-order valence-electron chi connectivity index (χ0n) is 14.6. The number of halogens is 1. The van der Waals surface area contributed by atoms with Crippen LogP contribution in [-0.4, -0.2) is 20.9 Å². The zero-order chi connectivity index (χ0) is 18.8. The van der Waals surface area contributed by atoms with Gasteiger partial charge in [-0.05, 0) is 42.8 Å². The highest BCUT2D eigenvalue weighted by Gasteiger charge is 2.15. The van der Waals surface area contributed by atoms with Gasteiger partial charge < -0.3 is 10.3 Å². The average Bonchev–Trinajstić information content (AvgIpc) is 3.18. The first kappa shape index (κ1) is 17.2. The summed E-state index contributed by atoms with van der Waals surface area (Å²) in [6.45, 7) is 1.90. The van der Waals surface area contributed by atoms with Gasteiger partial charge in [0.15, 0.2) is 0 Å². The summed E-state index contributed by atoms with van der Waals surface area (Å²) in [6.07, 6.45) is 1.78. The van der Waals surface area contributed by atoms with E-state index < -0.39 is 0 Å². The van der Waals surface area contributed by atoms with Crippen molar-refractivity contribution in [3.8, 4) is 11.3 Å². The minimum atomic E-state index is -0.256. The number of pyridine rings is 1. The molecule has 4 aromatic rings. The first-order valence-electron chi connectivity index (χ1n) is 8.57. The minimum absolute atomic E-state index is 0.169. The van der Waals surface area contributed by atoms with Gasteiger partial charge in [-0.25, -0.2) is 9.97 Å². The van der Waals surface area contributed by atoms with Gasteiger partial charge in [-0.1, -0.05) is 41.9 Å². The van der Waals surface area contributed by atoms with Crippen molar-refractivity contribution in [3.63, 3.8) is 0 Å². The van der Waals surface area contributed by atoms with Crippen molar-refractivity contribution < 1.29 is 4.79 Å². The average molecular weight is 377 g/mol. The van der Waals surface area contributed by atoms with E-state index in [1.807, 2.05) is 43.3 Å². The molecule has 2 aromatic carbocycles. The second kappa shape index (κ2) is 7.21. The van der Waals surface area contributed by atoms with Gasteiger partial charge in [0.05, 0.1) is 23.4 Å². The van der Waals surface area contributed by atoms with Gasteiger partial charge in [-0.2, -0.15) is 0 Å². The van der Waals surface area contributed by atoms with Crippen LogP contribution in [0.15, 0.2) is 66.9 Å². The van der Waals surface area contributed by atoms with Crippen LogP contribution in [-0.2, 0) is 0 Å². The topological polar surface area (TPSA) is 70.7 Å². The van der Waals surface area contributed by atoms with Crippen LogP contribution in [0.4, 0.5) is 0 Å². The number of hydrogen-bond acceptors (Lipinski definition) is 3. The van der Waals surface area contributed by atoms with Gasteiger partial charge in [0, 0.05) is 10.9 Å². The zero-order valence-corrected chi connectivity index (χ0v) is 15.4. The molecule has 1 unspecified atom stereocenters. The van der Waals surface area contributed by atoms with E-state index in [2.05, 4.69) is 20.3 Å². The largest absolute Gasteiger partial charge is 0.342 e. The van der Waals surface area contributed by atoms with Crippen molar-refractivity contribution in [2.24, 2.45) is 0 Å². The summed E-state index contributed by atoms with van der Waals surface area (Å²) in [4.78, 5) is 24.5. The van der Waals surface area contributed by atoms with Crippen molar-refractivity contribution in [2.75, 3.05) is 0 Å². The molecule has 2 heterocycles. The Morgan fingerprint density at radius 2 is 1.93 bits per heavy atom. The maximum Gasteiger partial charge on any atom is 0.251 e. The molecule has 0 fully saturated rings. The van der Waals surface area contributed by atoms with E-state index in [1.54, 1.807) is 30.5 Å².